The Morgan fingerprint density at radius 3 is 2.65 bits per heavy atom. The fourth-order valence-corrected chi connectivity index (χ4v) is 5.09. The standard InChI is InChI=1S/C14H24O2S/c15-13-10-17-9-11(13)8-12-4-7-14(16-12)5-2-1-3-6-14/h11-13,15H,1-10H2. The Labute approximate surface area is 108 Å². The quantitative estimate of drug-likeness (QED) is 0.823. The topological polar surface area (TPSA) is 29.5 Å². The maximum atomic E-state index is 9.87. The molecule has 3 fully saturated rings. The summed E-state index contributed by atoms with van der Waals surface area (Å²) >= 11 is 1.90. The second-order valence-electron chi connectivity index (χ2n) is 6.12. The number of rotatable bonds is 2. The van der Waals surface area contributed by atoms with Gasteiger partial charge in [0.1, 0.15) is 0 Å². The van der Waals surface area contributed by atoms with Gasteiger partial charge in [0.25, 0.3) is 0 Å². The van der Waals surface area contributed by atoms with Crippen molar-refractivity contribution in [2.45, 2.75) is 69.2 Å². The van der Waals surface area contributed by atoms with Gasteiger partial charge in [-0.1, -0.05) is 19.3 Å². The first-order valence-electron chi connectivity index (χ1n) is 7.21. The molecule has 0 aromatic carbocycles. The van der Waals surface area contributed by atoms with Crippen LogP contribution in [0.4, 0.5) is 0 Å². The van der Waals surface area contributed by atoms with E-state index in [1.54, 1.807) is 0 Å². The highest BCUT2D eigenvalue weighted by Crippen LogP contribution is 2.44. The summed E-state index contributed by atoms with van der Waals surface area (Å²) in [6.45, 7) is 0. The van der Waals surface area contributed by atoms with Crippen molar-refractivity contribution in [3.05, 3.63) is 0 Å². The highest BCUT2D eigenvalue weighted by atomic mass is 32.2. The Hall–Kier alpha value is 0.270. The minimum atomic E-state index is -0.0773. The molecular weight excluding hydrogens is 232 g/mol. The number of aliphatic hydroxyl groups is 1. The van der Waals surface area contributed by atoms with E-state index in [1.807, 2.05) is 11.8 Å². The van der Waals surface area contributed by atoms with Gasteiger partial charge in [0.05, 0.1) is 17.8 Å². The Balaban J connectivity index is 1.53. The summed E-state index contributed by atoms with van der Waals surface area (Å²) < 4.78 is 6.38. The zero-order valence-corrected chi connectivity index (χ0v) is 11.4. The van der Waals surface area contributed by atoms with Crippen molar-refractivity contribution in [1.29, 1.82) is 0 Å². The molecule has 0 aromatic heterocycles. The number of hydrogen-bond donors (Lipinski definition) is 1. The van der Waals surface area contributed by atoms with Crippen LogP contribution in [0.3, 0.4) is 0 Å². The first-order chi connectivity index (χ1) is 8.27. The molecule has 0 radical (unpaired) electrons. The number of aliphatic hydroxyl groups excluding tert-OH is 1. The van der Waals surface area contributed by atoms with Gasteiger partial charge < -0.3 is 9.84 Å². The molecule has 3 aliphatic rings. The van der Waals surface area contributed by atoms with Gasteiger partial charge in [-0.3, -0.25) is 0 Å². The van der Waals surface area contributed by atoms with Crippen molar-refractivity contribution in [1.82, 2.24) is 0 Å². The van der Waals surface area contributed by atoms with Crippen LogP contribution in [0, 0.1) is 5.92 Å². The smallest absolute Gasteiger partial charge is 0.0687 e. The van der Waals surface area contributed by atoms with E-state index in [0.717, 1.165) is 17.9 Å². The van der Waals surface area contributed by atoms with Crippen LogP contribution in [0.1, 0.15) is 51.4 Å². The summed E-state index contributed by atoms with van der Waals surface area (Å²) in [5.41, 5.74) is 0.250. The van der Waals surface area contributed by atoms with Gasteiger partial charge in [-0.25, -0.2) is 0 Å². The Kier molecular flexibility index (Phi) is 3.69. The maximum absolute atomic E-state index is 9.87. The van der Waals surface area contributed by atoms with Crippen molar-refractivity contribution in [2.75, 3.05) is 11.5 Å². The van der Waals surface area contributed by atoms with Gasteiger partial charge in [-0.15, -0.1) is 0 Å². The summed E-state index contributed by atoms with van der Waals surface area (Å²) in [6, 6.07) is 0. The first kappa shape index (κ1) is 12.3. The summed E-state index contributed by atoms with van der Waals surface area (Å²) in [5, 5.41) is 9.87. The maximum Gasteiger partial charge on any atom is 0.0687 e. The molecule has 2 heterocycles. The van der Waals surface area contributed by atoms with Crippen molar-refractivity contribution in [3.63, 3.8) is 0 Å². The third kappa shape index (κ3) is 2.66. The minimum absolute atomic E-state index is 0.0773. The van der Waals surface area contributed by atoms with Crippen molar-refractivity contribution in [2.24, 2.45) is 5.92 Å². The van der Waals surface area contributed by atoms with Gasteiger partial charge in [0.15, 0.2) is 0 Å². The second kappa shape index (κ2) is 5.10. The molecule has 0 aromatic rings. The minimum Gasteiger partial charge on any atom is -0.392 e. The Morgan fingerprint density at radius 1 is 1.12 bits per heavy atom. The third-order valence-corrected chi connectivity index (χ3v) is 6.07. The molecule has 1 aliphatic carbocycles. The van der Waals surface area contributed by atoms with Crippen molar-refractivity contribution in [3.8, 4) is 0 Å². The molecule has 3 heteroatoms. The first-order valence-corrected chi connectivity index (χ1v) is 8.37. The molecule has 1 spiro atoms. The van der Waals surface area contributed by atoms with E-state index < -0.39 is 0 Å². The third-order valence-electron chi connectivity index (χ3n) is 4.83. The van der Waals surface area contributed by atoms with Gasteiger partial charge in [-0.2, -0.15) is 11.8 Å². The van der Waals surface area contributed by atoms with E-state index in [0.29, 0.717) is 12.0 Å². The summed E-state index contributed by atoms with van der Waals surface area (Å²) in [7, 11) is 0. The average molecular weight is 256 g/mol. The summed E-state index contributed by atoms with van der Waals surface area (Å²) in [4.78, 5) is 0. The predicted octanol–water partition coefficient (Wildman–Crippen LogP) is 2.98. The van der Waals surface area contributed by atoms with Crippen molar-refractivity contribution < 1.29 is 9.84 Å². The SMILES string of the molecule is OC1CSCC1CC1CCC2(CCCCC2)O1. The number of thioether (sulfide) groups is 1. The van der Waals surface area contributed by atoms with E-state index in [9.17, 15) is 5.11 Å². The molecular formula is C14H24O2S. The van der Waals surface area contributed by atoms with Crippen LogP contribution in [0.5, 0.6) is 0 Å². The lowest BCUT2D eigenvalue weighted by atomic mass is 9.83. The molecule has 2 nitrogen and oxygen atoms in total. The van der Waals surface area contributed by atoms with Gasteiger partial charge in [0.2, 0.25) is 0 Å². The predicted molar refractivity (Wildman–Crippen MR) is 71.4 cm³/mol. The largest absolute Gasteiger partial charge is 0.392 e. The Morgan fingerprint density at radius 2 is 1.94 bits per heavy atom. The van der Waals surface area contributed by atoms with E-state index in [1.165, 1.54) is 44.9 Å². The fraction of sp³-hybridized carbons (Fsp3) is 1.00. The van der Waals surface area contributed by atoms with Crippen LogP contribution in [-0.4, -0.2) is 34.4 Å². The summed E-state index contributed by atoms with van der Waals surface area (Å²) in [6.07, 6.45) is 10.6. The molecule has 0 amide bonds. The lowest BCUT2D eigenvalue weighted by Crippen LogP contribution is -2.32. The molecule has 0 bridgehead atoms. The highest BCUT2D eigenvalue weighted by molar-refractivity contribution is 7.99. The fourth-order valence-electron chi connectivity index (χ4n) is 3.78. The highest BCUT2D eigenvalue weighted by Gasteiger charge is 2.42. The molecule has 98 valence electrons. The molecule has 1 saturated carbocycles. The molecule has 17 heavy (non-hydrogen) atoms. The number of ether oxygens (including phenoxy) is 1. The molecule has 2 saturated heterocycles. The van der Waals surface area contributed by atoms with Gasteiger partial charge in [-0.05, 0) is 43.8 Å². The van der Waals surface area contributed by atoms with E-state index in [-0.39, 0.29) is 11.7 Å². The molecule has 3 atom stereocenters. The molecule has 1 N–H and O–H groups in total. The second-order valence-corrected chi connectivity index (χ2v) is 7.20. The zero-order chi connectivity index (χ0) is 11.7. The lowest BCUT2D eigenvalue weighted by Gasteiger charge is -2.33. The van der Waals surface area contributed by atoms with Crippen LogP contribution in [-0.2, 0) is 4.74 Å². The van der Waals surface area contributed by atoms with Crippen LogP contribution < -0.4 is 0 Å². The summed E-state index contributed by atoms with van der Waals surface area (Å²) in [5.74, 6) is 2.56. The zero-order valence-electron chi connectivity index (χ0n) is 10.6. The van der Waals surface area contributed by atoms with E-state index in [4.69, 9.17) is 4.74 Å². The molecule has 2 aliphatic heterocycles. The van der Waals surface area contributed by atoms with Crippen molar-refractivity contribution >= 4 is 11.8 Å². The van der Waals surface area contributed by atoms with Gasteiger partial charge >= 0.3 is 0 Å². The average Bonchev–Trinajstić information content (AvgIpc) is 2.90. The van der Waals surface area contributed by atoms with E-state index >= 15 is 0 Å². The van der Waals surface area contributed by atoms with E-state index in [2.05, 4.69) is 0 Å². The van der Waals surface area contributed by atoms with Crippen LogP contribution in [0.15, 0.2) is 0 Å². The lowest BCUT2D eigenvalue weighted by molar-refractivity contribution is -0.0726. The van der Waals surface area contributed by atoms with Crippen LogP contribution >= 0.6 is 11.8 Å². The monoisotopic (exact) mass is 256 g/mol. The Bertz CT molecular complexity index is 263. The molecule has 3 unspecified atom stereocenters. The molecule has 3 rings (SSSR count). The normalized spacial score (nSPS) is 41.1. The van der Waals surface area contributed by atoms with Crippen LogP contribution in [0.2, 0.25) is 0 Å². The van der Waals surface area contributed by atoms with Gasteiger partial charge in [0, 0.05) is 5.75 Å². The van der Waals surface area contributed by atoms with Crippen LogP contribution in [0.25, 0.3) is 0 Å². The number of hydrogen-bond acceptors (Lipinski definition) is 3.